The Hall–Kier alpha value is -4.00. The topological polar surface area (TPSA) is 111 Å². The van der Waals surface area contributed by atoms with Crippen molar-refractivity contribution in [2.75, 3.05) is 38.1 Å². The van der Waals surface area contributed by atoms with Crippen molar-refractivity contribution in [2.24, 2.45) is 0 Å². The monoisotopic (exact) mass is 497 g/mol. The number of hydrogen-bond donors (Lipinski definition) is 0. The number of rotatable bonds is 7. The Balaban J connectivity index is 1.29. The number of aromatic nitrogens is 7. The van der Waals surface area contributed by atoms with E-state index < -0.39 is 6.11 Å². The van der Waals surface area contributed by atoms with Gasteiger partial charge in [0.25, 0.3) is 5.89 Å². The molecule has 36 heavy (non-hydrogen) atoms. The highest BCUT2D eigenvalue weighted by Gasteiger charge is 2.23. The molecule has 1 saturated heterocycles. The second kappa shape index (κ2) is 9.57. The molecule has 1 fully saturated rings. The van der Waals surface area contributed by atoms with Crippen LogP contribution in [0.3, 0.4) is 0 Å². The molecule has 0 unspecified atom stereocenters. The molecule has 0 bridgehead atoms. The lowest BCUT2D eigenvalue weighted by Crippen LogP contribution is -2.45. The van der Waals surface area contributed by atoms with Crippen molar-refractivity contribution in [1.29, 1.82) is 0 Å². The predicted molar refractivity (Wildman–Crippen MR) is 126 cm³/mol. The molecule has 0 radical (unpaired) electrons. The van der Waals surface area contributed by atoms with Crippen LogP contribution in [0.25, 0.3) is 23.1 Å². The van der Waals surface area contributed by atoms with Crippen molar-refractivity contribution in [3.05, 3.63) is 48.0 Å². The molecule has 0 atom stereocenters. The Bertz CT molecular complexity index is 1330. The fourth-order valence-corrected chi connectivity index (χ4v) is 3.76. The zero-order valence-electron chi connectivity index (χ0n) is 20.1. The van der Waals surface area contributed by atoms with E-state index in [1.165, 1.54) is 12.1 Å². The number of likely N-dealkylation sites (N-methyl/N-ethyl adjacent to an activating group) is 1. The minimum atomic E-state index is -3.26. The second-order valence-electron chi connectivity index (χ2n) is 8.64. The van der Waals surface area contributed by atoms with Crippen molar-refractivity contribution in [3.63, 3.8) is 0 Å². The Morgan fingerprint density at radius 2 is 1.75 bits per heavy atom. The third kappa shape index (κ3) is 5.46. The Kier molecular flexibility index (Phi) is 6.31. The summed E-state index contributed by atoms with van der Waals surface area (Å²) in [5.74, 6) is 2.11. The van der Waals surface area contributed by atoms with Gasteiger partial charge in [-0.05, 0) is 44.3 Å². The lowest BCUT2D eigenvalue weighted by Gasteiger charge is -2.32. The summed E-state index contributed by atoms with van der Waals surface area (Å²) in [6, 6.07) is 7.82. The molecule has 13 heteroatoms. The van der Waals surface area contributed by atoms with E-state index in [-0.39, 0.29) is 23.3 Å². The number of anilines is 1. The van der Waals surface area contributed by atoms with E-state index >= 15 is 0 Å². The zero-order chi connectivity index (χ0) is 25.3. The van der Waals surface area contributed by atoms with Crippen LogP contribution in [0.1, 0.15) is 18.4 Å². The predicted octanol–water partition coefficient (Wildman–Crippen LogP) is 2.89. The van der Waals surface area contributed by atoms with Crippen molar-refractivity contribution in [3.8, 4) is 28.9 Å². The van der Waals surface area contributed by atoms with Gasteiger partial charge in [-0.3, -0.25) is 0 Å². The van der Waals surface area contributed by atoms with E-state index in [1.807, 2.05) is 13.0 Å². The van der Waals surface area contributed by atoms with Gasteiger partial charge in [-0.25, -0.2) is 19.6 Å². The molecular weight excluding hydrogens is 472 g/mol. The zero-order valence-corrected chi connectivity index (χ0v) is 20.1. The number of nitrogens with zero attached hydrogens (tertiary/aromatic N) is 9. The molecule has 1 aliphatic rings. The van der Waals surface area contributed by atoms with Crippen LogP contribution in [-0.4, -0.2) is 79.1 Å². The molecule has 4 aromatic rings. The number of aryl methyl sites for hydroxylation is 1. The SMILES string of the molecule is Cc1nc(-c2nc(-c3ccc(OC(C)(F)F)cc3)no2)nn1Cc1ccnc(N2CCN(C)CC2)n1. The van der Waals surface area contributed by atoms with E-state index in [0.29, 0.717) is 30.8 Å². The fraction of sp³-hybridized carbons (Fsp3) is 0.391. The summed E-state index contributed by atoms with van der Waals surface area (Å²) in [5, 5.41) is 8.48. The lowest BCUT2D eigenvalue weighted by molar-refractivity contribution is -0.158. The van der Waals surface area contributed by atoms with Gasteiger partial charge >= 0.3 is 6.11 Å². The average Bonchev–Trinajstić information content (AvgIpc) is 3.47. The van der Waals surface area contributed by atoms with E-state index in [2.05, 4.69) is 46.8 Å². The summed E-state index contributed by atoms with van der Waals surface area (Å²) in [7, 11) is 2.10. The van der Waals surface area contributed by atoms with Crippen LogP contribution in [0.2, 0.25) is 0 Å². The summed E-state index contributed by atoms with van der Waals surface area (Å²) < 4.78 is 37.7. The van der Waals surface area contributed by atoms with Gasteiger partial charge in [-0.1, -0.05) is 5.16 Å². The first-order valence-corrected chi connectivity index (χ1v) is 11.4. The van der Waals surface area contributed by atoms with Crippen LogP contribution in [0, 0.1) is 6.92 Å². The van der Waals surface area contributed by atoms with Gasteiger partial charge in [0.05, 0.1) is 12.2 Å². The van der Waals surface area contributed by atoms with E-state index in [1.54, 1.807) is 23.0 Å². The fourth-order valence-electron chi connectivity index (χ4n) is 3.76. The Morgan fingerprint density at radius 1 is 1.00 bits per heavy atom. The molecule has 0 aliphatic carbocycles. The summed E-state index contributed by atoms with van der Waals surface area (Å²) in [6.45, 7) is 6.62. The maximum absolute atomic E-state index is 13.0. The van der Waals surface area contributed by atoms with Gasteiger partial charge in [0.1, 0.15) is 11.6 Å². The van der Waals surface area contributed by atoms with Gasteiger partial charge in [0.15, 0.2) is 0 Å². The van der Waals surface area contributed by atoms with Crippen molar-refractivity contribution < 1.29 is 18.0 Å². The summed E-state index contributed by atoms with van der Waals surface area (Å²) in [5.41, 5.74) is 1.38. The molecule has 0 spiro atoms. The lowest BCUT2D eigenvalue weighted by atomic mass is 10.2. The number of benzene rings is 1. The van der Waals surface area contributed by atoms with Crippen LogP contribution < -0.4 is 9.64 Å². The van der Waals surface area contributed by atoms with Gasteiger partial charge in [0.2, 0.25) is 17.6 Å². The van der Waals surface area contributed by atoms with Gasteiger partial charge < -0.3 is 19.1 Å². The Labute approximate surface area is 205 Å². The number of alkyl halides is 2. The highest BCUT2D eigenvalue weighted by atomic mass is 19.3. The maximum Gasteiger partial charge on any atom is 0.394 e. The van der Waals surface area contributed by atoms with Crippen LogP contribution in [0.5, 0.6) is 5.75 Å². The molecule has 188 valence electrons. The number of ether oxygens (including phenoxy) is 1. The minimum Gasteiger partial charge on any atom is -0.433 e. The van der Waals surface area contributed by atoms with Gasteiger partial charge in [-0.15, -0.1) is 5.10 Å². The Morgan fingerprint density at radius 3 is 2.47 bits per heavy atom. The quantitative estimate of drug-likeness (QED) is 0.378. The normalized spacial score (nSPS) is 14.9. The first kappa shape index (κ1) is 23.7. The highest BCUT2D eigenvalue weighted by molar-refractivity contribution is 5.57. The molecule has 1 aromatic carbocycles. The summed E-state index contributed by atoms with van der Waals surface area (Å²) in [4.78, 5) is 22.4. The molecule has 11 nitrogen and oxygen atoms in total. The smallest absolute Gasteiger partial charge is 0.394 e. The highest BCUT2D eigenvalue weighted by Crippen LogP contribution is 2.25. The van der Waals surface area contributed by atoms with Crippen LogP contribution >= 0.6 is 0 Å². The molecule has 0 saturated carbocycles. The first-order valence-electron chi connectivity index (χ1n) is 11.4. The van der Waals surface area contributed by atoms with Crippen molar-refractivity contribution >= 4 is 5.95 Å². The average molecular weight is 498 g/mol. The number of halogens is 2. The third-order valence-electron chi connectivity index (χ3n) is 5.68. The first-order chi connectivity index (χ1) is 17.2. The molecule has 4 heterocycles. The van der Waals surface area contributed by atoms with E-state index in [9.17, 15) is 8.78 Å². The molecular formula is C23H25F2N9O2. The summed E-state index contributed by atoms with van der Waals surface area (Å²) >= 11 is 0. The summed E-state index contributed by atoms with van der Waals surface area (Å²) in [6.07, 6.45) is -1.51. The van der Waals surface area contributed by atoms with E-state index in [0.717, 1.165) is 31.9 Å². The standard InChI is InChI=1S/C23H25F2N9O2/c1-15-27-20(21-29-19(31-36-21)16-4-6-18(7-5-16)35-23(2,24)25)30-34(15)14-17-8-9-26-22(28-17)33-12-10-32(3)11-13-33/h4-9H,10-14H2,1-3H3. The van der Waals surface area contributed by atoms with Crippen molar-refractivity contribution in [1.82, 2.24) is 39.8 Å². The van der Waals surface area contributed by atoms with Crippen LogP contribution in [-0.2, 0) is 6.54 Å². The third-order valence-corrected chi connectivity index (χ3v) is 5.68. The molecule has 0 N–H and O–H groups in total. The van der Waals surface area contributed by atoms with Gasteiger partial charge in [0, 0.05) is 44.9 Å². The molecule has 1 aliphatic heterocycles. The maximum atomic E-state index is 13.0. The van der Waals surface area contributed by atoms with Crippen molar-refractivity contribution in [2.45, 2.75) is 26.5 Å². The largest absolute Gasteiger partial charge is 0.433 e. The van der Waals surface area contributed by atoms with Crippen LogP contribution in [0.15, 0.2) is 41.1 Å². The van der Waals surface area contributed by atoms with E-state index in [4.69, 9.17) is 9.51 Å². The number of hydrogen-bond acceptors (Lipinski definition) is 10. The second-order valence-corrected chi connectivity index (χ2v) is 8.64. The molecule has 5 rings (SSSR count). The molecule has 0 amide bonds. The molecule has 3 aromatic heterocycles. The van der Waals surface area contributed by atoms with Crippen LogP contribution in [0.4, 0.5) is 14.7 Å². The number of piperazine rings is 1. The van der Waals surface area contributed by atoms with Gasteiger partial charge in [-0.2, -0.15) is 13.8 Å². The minimum absolute atomic E-state index is 0.0338.